The molecule has 0 heterocycles. The molecule has 1 aromatic carbocycles. The summed E-state index contributed by atoms with van der Waals surface area (Å²) in [5, 5.41) is 0. The highest BCUT2D eigenvalue weighted by atomic mass is 32.2. The predicted octanol–water partition coefficient (Wildman–Crippen LogP) is 3.76. The minimum absolute atomic E-state index is 0.0346. The predicted molar refractivity (Wildman–Crippen MR) is 88.7 cm³/mol. The van der Waals surface area contributed by atoms with Crippen molar-refractivity contribution in [2.24, 2.45) is 11.8 Å². The average Bonchev–Trinajstić information content (AvgIpc) is 3.01. The molecule has 0 aromatic heterocycles. The summed E-state index contributed by atoms with van der Waals surface area (Å²) < 4.78 is 17.8. The zero-order valence-corrected chi connectivity index (χ0v) is 13.9. The van der Waals surface area contributed by atoms with Crippen LogP contribution in [0.1, 0.15) is 24.8 Å². The van der Waals surface area contributed by atoms with Crippen LogP contribution in [0.2, 0.25) is 0 Å². The molecule has 3 nitrogen and oxygen atoms in total. The molecule has 1 aromatic rings. The van der Waals surface area contributed by atoms with E-state index < -0.39 is 10.8 Å². The van der Waals surface area contributed by atoms with Crippen LogP contribution >= 0.6 is 0 Å². The van der Waals surface area contributed by atoms with Crippen molar-refractivity contribution >= 4 is 16.8 Å². The van der Waals surface area contributed by atoms with Gasteiger partial charge < -0.3 is 4.74 Å². The van der Waals surface area contributed by atoms with Gasteiger partial charge in [0.15, 0.2) is 0 Å². The van der Waals surface area contributed by atoms with Crippen molar-refractivity contribution in [1.29, 1.82) is 0 Å². The molecule has 0 amide bonds. The Balaban J connectivity index is 2.25. The lowest BCUT2D eigenvalue weighted by Gasteiger charge is -2.22. The molecular formula is C18H22O3S. The van der Waals surface area contributed by atoms with Crippen molar-refractivity contribution in [3.63, 3.8) is 0 Å². The van der Waals surface area contributed by atoms with Crippen LogP contribution in [0, 0.1) is 18.8 Å². The van der Waals surface area contributed by atoms with Crippen LogP contribution in [0.15, 0.2) is 52.8 Å². The molecule has 0 spiro atoms. The summed E-state index contributed by atoms with van der Waals surface area (Å²) in [4.78, 5) is 13.7. The highest BCUT2D eigenvalue weighted by Gasteiger charge is 2.35. The van der Waals surface area contributed by atoms with E-state index in [0.29, 0.717) is 6.42 Å². The standard InChI is InChI=1S/C18H22O3S/c1-4-6-16(18(19)21-3)15-7-5-8-17(15)22(20)14-11-9-13(2)10-12-14/h4,8-12,15-16H,1,5-7H2,2-3H3/t15-,16-,22+/m1/s1. The van der Waals surface area contributed by atoms with Crippen molar-refractivity contribution < 1.29 is 13.7 Å². The lowest BCUT2D eigenvalue weighted by atomic mass is 9.89. The van der Waals surface area contributed by atoms with E-state index in [9.17, 15) is 9.00 Å². The molecule has 2 rings (SSSR count). The fraction of sp³-hybridized carbons (Fsp3) is 0.389. The highest BCUT2D eigenvalue weighted by Crippen LogP contribution is 2.38. The smallest absolute Gasteiger partial charge is 0.309 e. The van der Waals surface area contributed by atoms with Gasteiger partial charge in [-0.3, -0.25) is 4.79 Å². The quantitative estimate of drug-likeness (QED) is 0.592. The van der Waals surface area contributed by atoms with Gasteiger partial charge in [-0.15, -0.1) is 6.58 Å². The van der Waals surface area contributed by atoms with Crippen molar-refractivity contribution in [3.8, 4) is 0 Å². The number of rotatable bonds is 6. The van der Waals surface area contributed by atoms with Gasteiger partial charge in [0.2, 0.25) is 0 Å². The fourth-order valence-corrected chi connectivity index (χ4v) is 4.35. The third-order valence-electron chi connectivity index (χ3n) is 4.05. The average molecular weight is 318 g/mol. The minimum atomic E-state index is -1.22. The first kappa shape index (κ1) is 16.7. The largest absolute Gasteiger partial charge is 0.469 e. The molecular weight excluding hydrogens is 296 g/mol. The summed E-state index contributed by atoms with van der Waals surface area (Å²) in [6.07, 6.45) is 5.97. The Labute approximate surface area is 134 Å². The monoisotopic (exact) mass is 318 g/mol. The maximum absolute atomic E-state index is 12.9. The van der Waals surface area contributed by atoms with Gasteiger partial charge >= 0.3 is 5.97 Å². The normalized spacial score (nSPS) is 20.1. The Morgan fingerprint density at radius 3 is 2.73 bits per heavy atom. The maximum atomic E-state index is 12.9. The van der Waals surface area contributed by atoms with Gasteiger partial charge in [-0.25, -0.2) is 4.21 Å². The molecule has 0 fully saturated rings. The molecule has 22 heavy (non-hydrogen) atoms. The number of hydrogen-bond acceptors (Lipinski definition) is 3. The third-order valence-corrected chi connectivity index (χ3v) is 5.65. The number of esters is 1. The van der Waals surface area contributed by atoms with Gasteiger partial charge in [0, 0.05) is 15.7 Å². The van der Waals surface area contributed by atoms with Crippen LogP contribution in [0.25, 0.3) is 0 Å². The van der Waals surface area contributed by atoms with E-state index in [1.54, 1.807) is 6.08 Å². The number of aryl methyl sites for hydroxylation is 1. The first-order chi connectivity index (χ1) is 10.6. The minimum Gasteiger partial charge on any atom is -0.469 e. The Hall–Kier alpha value is -1.68. The molecule has 118 valence electrons. The first-order valence-corrected chi connectivity index (χ1v) is 8.60. The second kappa shape index (κ2) is 7.54. The lowest BCUT2D eigenvalue weighted by molar-refractivity contribution is -0.146. The van der Waals surface area contributed by atoms with Crippen molar-refractivity contribution in [2.75, 3.05) is 7.11 Å². The summed E-state index contributed by atoms with van der Waals surface area (Å²) in [7, 11) is 0.176. The first-order valence-electron chi connectivity index (χ1n) is 7.45. The molecule has 0 N–H and O–H groups in total. The van der Waals surface area contributed by atoms with Crippen molar-refractivity contribution in [1.82, 2.24) is 0 Å². The molecule has 3 atom stereocenters. The van der Waals surface area contributed by atoms with E-state index in [1.165, 1.54) is 7.11 Å². The number of methoxy groups -OCH3 is 1. The van der Waals surface area contributed by atoms with Crippen LogP contribution in [0.4, 0.5) is 0 Å². The number of allylic oxidation sites excluding steroid dienone is 3. The Kier molecular flexibility index (Phi) is 5.72. The zero-order valence-electron chi connectivity index (χ0n) is 13.1. The summed E-state index contributed by atoms with van der Waals surface area (Å²) >= 11 is 0. The molecule has 0 aliphatic heterocycles. The van der Waals surface area contributed by atoms with Gasteiger partial charge in [-0.05, 0) is 38.3 Å². The summed E-state index contributed by atoms with van der Waals surface area (Å²) in [6.45, 7) is 5.72. The van der Waals surface area contributed by atoms with Crippen LogP contribution in [-0.4, -0.2) is 17.3 Å². The van der Waals surface area contributed by atoms with E-state index in [1.807, 2.05) is 37.3 Å². The zero-order chi connectivity index (χ0) is 16.1. The fourth-order valence-electron chi connectivity index (χ4n) is 2.87. The molecule has 0 unspecified atom stereocenters. The van der Waals surface area contributed by atoms with Gasteiger partial charge in [0.1, 0.15) is 0 Å². The number of carbonyl (C=O) groups is 1. The van der Waals surface area contributed by atoms with Crippen LogP contribution in [0.3, 0.4) is 0 Å². The Morgan fingerprint density at radius 1 is 1.45 bits per heavy atom. The van der Waals surface area contributed by atoms with Crippen LogP contribution in [0.5, 0.6) is 0 Å². The lowest BCUT2D eigenvalue weighted by Crippen LogP contribution is -2.25. The van der Waals surface area contributed by atoms with Gasteiger partial charge in [0.25, 0.3) is 0 Å². The maximum Gasteiger partial charge on any atom is 0.309 e. The number of carbonyl (C=O) groups excluding carboxylic acids is 1. The molecule has 0 saturated carbocycles. The molecule has 1 aliphatic carbocycles. The SMILES string of the molecule is C=CC[C@@H](C(=O)OC)[C@H]1CCC=C1[S@@](=O)c1ccc(C)cc1. The number of hydrogen-bond donors (Lipinski definition) is 0. The number of ether oxygens (including phenoxy) is 1. The summed E-state index contributed by atoms with van der Waals surface area (Å²) in [6, 6.07) is 7.70. The second-order valence-electron chi connectivity index (χ2n) is 5.53. The van der Waals surface area contributed by atoms with Crippen LogP contribution in [-0.2, 0) is 20.3 Å². The van der Waals surface area contributed by atoms with Crippen molar-refractivity contribution in [3.05, 3.63) is 53.5 Å². The van der Waals surface area contributed by atoms with Crippen LogP contribution < -0.4 is 0 Å². The highest BCUT2D eigenvalue weighted by molar-refractivity contribution is 7.89. The van der Waals surface area contributed by atoms with E-state index in [2.05, 4.69) is 6.58 Å². The summed E-state index contributed by atoms with van der Waals surface area (Å²) in [5.74, 6) is -0.586. The Bertz CT molecular complexity index is 601. The van der Waals surface area contributed by atoms with Gasteiger partial charge in [0.05, 0.1) is 23.8 Å². The molecule has 0 radical (unpaired) electrons. The molecule has 4 heteroatoms. The molecule has 1 aliphatic rings. The van der Waals surface area contributed by atoms with E-state index in [4.69, 9.17) is 4.74 Å². The van der Waals surface area contributed by atoms with E-state index >= 15 is 0 Å². The summed E-state index contributed by atoms with van der Waals surface area (Å²) in [5.41, 5.74) is 1.14. The van der Waals surface area contributed by atoms with E-state index in [0.717, 1.165) is 28.2 Å². The second-order valence-corrected chi connectivity index (χ2v) is 7.01. The molecule has 0 bridgehead atoms. The Morgan fingerprint density at radius 2 is 2.14 bits per heavy atom. The number of benzene rings is 1. The van der Waals surface area contributed by atoms with Gasteiger partial charge in [-0.2, -0.15) is 0 Å². The third kappa shape index (κ3) is 3.55. The topological polar surface area (TPSA) is 43.4 Å². The van der Waals surface area contributed by atoms with Crippen molar-refractivity contribution in [2.45, 2.75) is 31.1 Å². The van der Waals surface area contributed by atoms with Gasteiger partial charge in [-0.1, -0.05) is 29.8 Å². The molecule has 0 saturated heterocycles. The van der Waals surface area contributed by atoms with E-state index in [-0.39, 0.29) is 17.8 Å².